The first-order valence-electron chi connectivity index (χ1n) is 8.25. The molecule has 1 fully saturated rings. The zero-order chi connectivity index (χ0) is 19.5. The van der Waals surface area contributed by atoms with Crippen LogP contribution in [-0.2, 0) is 19.6 Å². The second-order valence-electron chi connectivity index (χ2n) is 6.89. The summed E-state index contributed by atoms with van der Waals surface area (Å²) in [5.41, 5.74) is -0.162. The van der Waals surface area contributed by atoms with Crippen molar-refractivity contribution in [3.8, 4) is 0 Å². The Hall–Kier alpha value is -1.58. The molecule has 0 aromatic heterocycles. The number of thioether (sulfide) groups is 1. The third-order valence-electron chi connectivity index (χ3n) is 3.61. The van der Waals surface area contributed by atoms with E-state index in [0.29, 0.717) is 5.75 Å². The molecule has 0 radical (unpaired) electrons. The quantitative estimate of drug-likeness (QED) is 0.758. The number of amides is 1. The number of nitrogens with zero attached hydrogens (tertiary/aromatic N) is 1. The predicted molar refractivity (Wildman–Crippen MR) is 100 cm³/mol. The van der Waals surface area contributed by atoms with Crippen molar-refractivity contribution < 1.29 is 22.7 Å². The van der Waals surface area contributed by atoms with Crippen LogP contribution in [0.3, 0.4) is 0 Å². The Labute approximate surface area is 158 Å². The molecule has 1 heterocycles. The lowest BCUT2D eigenvalue weighted by molar-refractivity contribution is -0.125. The maximum Gasteiger partial charge on any atom is 0.338 e. The predicted octanol–water partition coefficient (Wildman–Crippen LogP) is 1.84. The Morgan fingerprint density at radius 1 is 1.27 bits per heavy atom. The van der Waals surface area contributed by atoms with Gasteiger partial charge in [-0.25, -0.2) is 13.2 Å². The number of rotatable bonds is 5. The zero-order valence-corrected chi connectivity index (χ0v) is 16.9. The molecule has 26 heavy (non-hydrogen) atoms. The van der Waals surface area contributed by atoms with E-state index in [1.807, 2.05) is 20.8 Å². The number of ether oxygens (including phenoxy) is 1. The number of benzene rings is 1. The van der Waals surface area contributed by atoms with Crippen LogP contribution in [0.15, 0.2) is 29.2 Å². The van der Waals surface area contributed by atoms with Gasteiger partial charge in [-0.15, -0.1) is 11.8 Å². The number of carbonyl (C=O) groups is 2. The highest BCUT2D eigenvalue weighted by Gasteiger charge is 2.40. The molecule has 1 N–H and O–H groups in total. The fourth-order valence-electron chi connectivity index (χ4n) is 2.44. The van der Waals surface area contributed by atoms with Gasteiger partial charge in [0.05, 0.1) is 22.9 Å². The van der Waals surface area contributed by atoms with E-state index in [2.05, 4.69) is 5.32 Å². The van der Waals surface area contributed by atoms with E-state index in [0.717, 1.165) is 0 Å². The lowest BCUT2D eigenvalue weighted by atomic mass is 10.1. The Morgan fingerprint density at radius 2 is 1.88 bits per heavy atom. The molecule has 1 aromatic carbocycles. The van der Waals surface area contributed by atoms with Gasteiger partial charge >= 0.3 is 5.97 Å². The first-order chi connectivity index (χ1) is 12.1. The lowest BCUT2D eigenvalue weighted by Crippen LogP contribution is -2.52. The largest absolute Gasteiger partial charge is 0.462 e. The summed E-state index contributed by atoms with van der Waals surface area (Å²) in [5, 5.41) is 2.83. The van der Waals surface area contributed by atoms with E-state index in [4.69, 9.17) is 4.74 Å². The molecule has 1 amide bonds. The van der Waals surface area contributed by atoms with Crippen molar-refractivity contribution in [3.05, 3.63) is 29.8 Å². The van der Waals surface area contributed by atoms with Gasteiger partial charge in [-0.3, -0.25) is 4.79 Å². The Balaban J connectivity index is 2.23. The third-order valence-corrected chi connectivity index (χ3v) is 6.66. The average molecular weight is 401 g/mol. The van der Waals surface area contributed by atoms with Crippen LogP contribution >= 0.6 is 11.8 Å². The van der Waals surface area contributed by atoms with Crippen LogP contribution in [-0.4, -0.2) is 54.4 Å². The molecule has 0 bridgehead atoms. The number of hydrogen-bond donors (Lipinski definition) is 1. The molecular weight excluding hydrogens is 376 g/mol. The van der Waals surface area contributed by atoms with Gasteiger partial charge in [-0.2, -0.15) is 4.31 Å². The highest BCUT2D eigenvalue weighted by Crippen LogP contribution is 2.29. The van der Waals surface area contributed by atoms with E-state index in [9.17, 15) is 18.0 Å². The minimum Gasteiger partial charge on any atom is -0.462 e. The second kappa shape index (κ2) is 7.98. The monoisotopic (exact) mass is 400 g/mol. The van der Waals surface area contributed by atoms with Crippen LogP contribution < -0.4 is 5.32 Å². The standard InChI is InChI=1S/C17H24N2O5S2/c1-5-24-16(21)12-6-8-13(9-7-12)26(22,23)19-11-25-10-14(19)15(20)18-17(2,3)4/h6-9,14H,5,10-11H2,1-4H3,(H,18,20). The van der Waals surface area contributed by atoms with Crippen molar-refractivity contribution in [2.45, 2.75) is 44.2 Å². The summed E-state index contributed by atoms with van der Waals surface area (Å²) in [7, 11) is -3.84. The van der Waals surface area contributed by atoms with Crippen LogP contribution in [0.4, 0.5) is 0 Å². The highest BCUT2D eigenvalue weighted by atomic mass is 32.2. The molecular formula is C17H24N2O5S2. The van der Waals surface area contributed by atoms with Gasteiger partial charge in [0.15, 0.2) is 0 Å². The summed E-state index contributed by atoms with van der Waals surface area (Å²) >= 11 is 1.39. The molecule has 0 saturated carbocycles. The average Bonchev–Trinajstić information content (AvgIpc) is 3.04. The summed E-state index contributed by atoms with van der Waals surface area (Å²) in [6, 6.07) is 4.80. The summed E-state index contributed by atoms with van der Waals surface area (Å²) < 4.78 is 32.0. The van der Waals surface area contributed by atoms with Crippen molar-refractivity contribution in [1.29, 1.82) is 0 Å². The van der Waals surface area contributed by atoms with Gasteiger partial charge in [0.2, 0.25) is 15.9 Å². The molecule has 0 aliphatic carbocycles. The van der Waals surface area contributed by atoms with E-state index in [-0.39, 0.29) is 28.8 Å². The Kier molecular flexibility index (Phi) is 6.36. The fourth-order valence-corrected chi connectivity index (χ4v) is 5.59. The molecule has 9 heteroatoms. The maximum atomic E-state index is 12.9. The molecule has 1 aromatic rings. The fraction of sp³-hybridized carbons (Fsp3) is 0.529. The second-order valence-corrected chi connectivity index (χ2v) is 9.78. The number of esters is 1. The molecule has 144 valence electrons. The Morgan fingerprint density at radius 3 is 2.42 bits per heavy atom. The van der Waals surface area contributed by atoms with Gasteiger partial charge in [-0.1, -0.05) is 0 Å². The van der Waals surface area contributed by atoms with Crippen molar-refractivity contribution >= 4 is 33.7 Å². The van der Waals surface area contributed by atoms with Gasteiger partial charge in [-0.05, 0) is 52.0 Å². The first kappa shape index (κ1) is 20.7. The van der Waals surface area contributed by atoms with E-state index >= 15 is 0 Å². The Bertz CT molecular complexity index is 769. The minimum atomic E-state index is -3.84. The molecule has 1 aliphatic heterocycles. The van der Waals surface area contributed by atoms with Crippen molar-refractivity contribution in [2.75, 3.05) is 18.2 Å². The summed E-state index contributed by atoms with van der Waals surface area (Å²) in [6.07, 6.45) is 0. The zero-order valence-electron chi connectivity index (χ0n) is 15.3. The van der Waals surface area contributed by atoms with Crippen LogP contribution in [0.1, 0.15) is 38.1 Å². The van der Waals surface area contributed by atoms with Crippen LogP contribution in [0.25, 0.3) is 0 Å². The summed E-state index contributed by atoms with van der Waals surface area (Å²) in [6.45, 7) is 7.48. The molecule has 1 atom stereocenters. The number of hydrogen-bond acceptors (Lipinski definition) is 6. The SMILES string of the molecule is CCOC(=O)c1ccc(S(=O)(=O)N2CSCC2C(=O)NC(C)(C)C)cc1. The van der Waals surface area contributed by atoms with E-state index in [1.165, 1.54) is 40.3 Å². The van der Waals surface area contributed by atoms with Gasteiger partial charge in [0, 0.05) is 11.3 Å². The van der Waals surface area contributed by atoms with Crippen LogP contribution in [0, 0.1) is 0 Å². The minimum absolute atomic E-state index is 0.0432. The third kappa shape index (κ3) is 4.77. The molecule has 1 saturated heterocycles. The number of nitrogens with one attached hydrogen (secondary N) is 1. The van der Waals surface area contributed by atoms with Crippen molar-refractivity contribution in [2.24, 2.45) is 0 Å². The smallest absolute Gasteiger partial charge is 0.338 e. The first-order valence-corrected chi connectivity index (χ1v) is 10.8. The van der Waals surface area contributed by atoms with Crippen molar-refractivity contribution in [3.63, 3.8) is 0 Å². The maximum absolute atomic E-state index is 12.9. The van der Waals surface area contributed by atoms with Gasteiger partial charge in [0.1, 0.15) is 6.04 Å². The normalized spacial score (nSPS) is 18.5. The van der Waals surface area contributed by atoms with E-state index in [1.54, 1.807) is 6.92 Å². The van der Waals surface area contributed by atoms with Crippen molar-refractivity contribution in [1.82, 2.24) is 9.62 Å². The molecule has 2 rings (SSSR count). The summed E-state index contributed by atoms with van der Waals surface area (Å²) in [5.74, 6) is -0.198. The molecule has 1 aliphatic rings. The van der Waals surface area contributed by atoms with E-state index < -0.39 is 27.6 Å². The van der Waals surface area contributed by atoms with Crippen LogP contribution in [0.2, 0.25) is 0 Å². The highest BCUT2D eigenvalue weighted by molar-refractivity contribution is 8.00. The molecule has 7 nitrogen and oxygen atoms in total. The van der Waals surface area contributed by atoms with Crippen LogP contribution in [0.5, 0.6) is 0 Å². The lowest BCUT2D eigenvalue weighted by Gasteiger charge is -2.27. The summed E-state index contributed by atoms with van der Waals surface area (Å²) in [4.78, 5) is 24.2. The number of carbonyl (C=O) groups excluding carboxylic acids is 2. The molecule has 1 unspecified atom stereocenters. The van der Waals surface area contributed by atoms with Gasteiger partial charge in [0.25, 0.3) is 0 Å². The van der Waals surface area contributed by atoms with Gasteiger partial charge < -0.3 is 10.1 Å². The topological polar surface area (TPSA) is 92.8 Å². The number of sulfonamides is 1. The molecule has 0 spiro atoms.